The number of nitrogen functional groups attached to an aromatic ring is 1. The van der Waals surface area contributed by atoms with Gasteiger partial charge in [-0.1, -0.05) is 0 Å². The molecule has 0 aromatic carbocycles. The summed E-state index contributed by atoms with van der Waals surface area (Å²) in [5.74, 6) is 0.752. The predicted octanol–water partition coefficient (Wildman–Crippen LogP) is 1.92. The molecule has 1 saturated carbocycles. The van der Waals surface area contributed by atoms with Gasteiger partial charge in [-0.3, -0.25) is 4.98 Å². The summed E-state index contributed by atoms with van der Waals surface area (Å²) in [5, 5.41) is 0. The molecule has 1 saturated heterocycles. The lowest BCUT2D eigenvalue weighted by Crippen LogP contribution is -2.41. The molecular weight excluding hydrogens is 251 g/mol. The fourth-order valence-corrected chi connectivity index (χ4v) is 2.52. The fourth-order valence-electron chi connectivity index (χ4n) is 2.52. The molecule has 2 N–H and O–H groups in total. The van der Waals surface area contributed by atoms with Gasteiger partial charge in [-0.25, -0.2) is 0 Å². The van der Waals surface area contributed by atoms with E-state index in [0.29, 0.717) is 0 Å². The smallest absolute Gasteiger partial charge is 0.398 e. The summed E-state index contributed by atoms with van der Waals surface area (Å²) in [7, 11) is -0.419. The Kier molecular flexibility index (Phi) is 3.10. The molecule has 3 rings (SSSR count). The van der Waals surface area contributed by atoms with E-state index in [1.54, 1.807) is 6.20 Å². The molecule has 0 amide bonds. The van der Waals surface area contributed by atoms with Crippen LogP contribution >= 0.6 is 0 Å². The molecule has 4 nitrogen and oxygen atoms in total. The van der Waals surface area contributed by atoms with Gasteiger partial charge in [0.15, 0.2) is 0 Å². The van der Waals surface area contributed by atoms with Crippen LogP contribution in [0.15, 0.2) is 12.3 Å². The Morgan fingerprint density at radius 1 is 1.25 bits per heavy atom. The van der Waals surface area contributed by atoms with Crippen molar-refractivity contribution in [2.24, 2.45) is 5.92 Å². The summed E-state index contributed by atoms with van der Waals surface area (Å²) in [6.07, 6.45) is 5.31. The lowest BCUT2D eigenvalue weighted by molar-refractivity contribution is 0.00578. The number of hydrogen-bond donors (Lipinski definition) is 1. The zero-order chi connectivity index (χ0) is 14.5. The van der Waals surface area contributed by atoms with Crippen molar-refractivity contribution in [3.05, 3.63) is 17.8 Å². The molecule has 5 heteroatoms. The highest BCUT2D eigenvalue weighted by molar-refractivity contribution is 6.61. The van der Waals surface area contributed by atoms with Crippen molar-refractivity contribution >= 4 is 18.4 Å². The molecular formula is C15H23BN2O2. The van der Waals surface area contributed by atoms with E-state index in [-0.39, 0.29) is 11.2 Å². The van der Waals surface area contributed by atoms with Crippen molar-refractivity contribution in [2.45, 2.75) is 58.2 Å². The zero-order valence-corrected chi connectivity index (χ0v) is 12.8. The van der Waals surface area contributed by atoms with Crippen molar-refractivity contribution < 1.29 is 9.31 Å². The maximum atomic E-state index is 6.15. The van der Waals surface area contributed by atoms with Gasteiger partial charge in [-0.15, -0.1) is 0 Å². The summed E-state index contributed by atoms with van der Waals surface area (Å²) in [4.78, 5) is 4.50. The third-order valence-corrected chi connectivity index (χ3v) is 4.79. The van der Waals surface area contributed by atoms with Crippen LogP contribution in [0.2, 0.25) is 0 Å². The first-order valence-electron chi connectivity index (χ1n) is 7.39. The summed E-state index contributed by atoms with van der Waals surface area (Å²) in [6.45, 7) is 8.22. The minimum absolute atomic E-state index is 0.346. The maximum Gasteiger partial charge on any atom is 0.514 e. The van der Waals surface area contributed by atoms with Crippen molar-refractivity contribution in [3.8, 4) is 0 Å². The quantitative estimate of drug-likeness (QED) is 0.855. The lowest BCUT2D eigenvalue weighted by Gasteiger charge is -2.32. The van der Waals surface area contributed by atoms with Crippen LogP contribution in [-0.4, -0.2) is 23.3 Å². The van der Waals surface area contributed by atoms with Gasteiger partial charge >= 0.3 is 7.12 Å². The van der Waals surface area contributed by atoms with Gasteiger partial charge in [-0.05, 0) is 64.5 Å². The third kappa shape index (κ3) is 2.33. The van der Waals surface area contributed by atoms with E-state index in [0.717, 1.165) is 29.2 Å². The first kappa shape index (κ1) is 13.9. The summed E-state index contributed by atoms with van der Waals surface area (Å²) >= 11 is 0. The number of hydrogen-bond acceptors (Lipinski definition) is 4. The van der Waals surface area contributed by atoms with Crippen LogP contribution in [0.4, 0.5) is 5.69 Å². The van der Waals surface area contributed by atoms with Crippen molar-refractivity contribution in [1.82, 2.24) is 4.98 Å². The van der Waals surface area contributed by atoms with Gasteiger partial charge in [0.05, 0.1) is 16.8 Å². The monoisotopic (exact) mass is 274 g/mol. The molecule has 108 valence electrons. The number of pyridine rings is 1. The van der Waals surface area contributed by atoms with E-state index < -0.39 is 7.12 Å². The predicted molar refractivity (Wildman–Crippen MR) is 80.8 cm³/mol. The molecule has 1 aliphatic carbocycles. The van der Waals surface area contributed by atoms with Gasteiger partial charge < -0.3 is 15.0 Å². The molecule has 0 unspecified atom stereocenters. The Balaban J connectivity index is 1.93. The number of aromatic nitrogens is 1. The Hall–Kier alpha value is -1.07. The summed E-state index contributed by atoms with van der Waals surface area (Å²) in [6, 6.07) is 1.87. The number of rotatable bonds is 3. The highest BCUT2D eigenvalue weighted by atomic mass is 16.7. The SMILES string of the molecule is CC1(C)OB(c2nccc(N)c2CC2CC2)OC1(C)C. The Morgan fingerprint density at radius 3 is 2.40 bits per heavy atom. The molecule has 2 fully saturated rings. The standard InChI is InChI=1S/C15H23BN2O2/c1-14(2)15(3,4)20-16(19-14)13-11(9-10-5-6-10)12(17)7-8-18-13/h7-8,10H,5-6,9H2,1-4H3,(H2,17,18). The van der Waals surface area contributed by atoms with Crippen LogP contribution in [-0.2, 0) is 15.7 Å². The molecule has 2 heterocycles. The minimum Gasteiger partial charge on any atom is -0.398 e. The number of nitrogens with zero attached hydrogens (tertiary/aromatic N) is 1. The van der Waals surface area contributed by atoms with Crippen LogP contribution in [0.3, 0.4) is 0 Å². The zero-order valence-electron chi connectivity index (χ0n) is 12.8. The second kappa shape index (κ2) is 4.47. The van der Waals surface area contributed by atoms with Crippen LogP contribution in [0, 0.1) is 5.92 Å². The molecule has 1 aromatic rings. The van der Waals surface area contributed by atoms with Gasteiger partial charge in [0.1, 0.15) is 0 Å². The summed E-state index contributed by atoms with van der Waals surface area (Å²) in [5.41, 5.74) is 8.22. The molecule has 0 atom stereocenters. The Morgan fingerprint density at radius 2 is 1.85 bits per heavy atom. The van der Waals surface area contributed by atoms with Gasteiger partial charge in [-0.2, -0.15) is 0 Å². The van der Waals surface area contributed by atoms with Crippen LogP contribution < -0.4 is 11.3 Å². The van der Waals surface area contributed by atoms with E-state index in [9.17, 15) is 0 Å². The first-order chi connectivity index (χ1) is 9.30. The highest BCUT2D eigenvalue weighted by Crippen LogP contribution is 2.38. The average Bonchev–Trinajstić information content (AvgIpc) is 3.10. The van der Waals surface area contributed by atoms with Crippen LogP contribution in [0.25, 0.3) is 0 Å². The molecule has 2 aliphatic rings. The molecule has 0 radical (unpaired) electrons. The van der Waals surface area contributed by atoms with Crippen LogP contribution in [0.5, 0.6) is 0 Å². The molecule has 0 spiro atoms. The van der Waals surface area contributed by atoms with Gasteiger partial charge in [0.25, 0.3) is 0 Å². The average molecular weight is 274 g/mol. The van der Waals surface area contributed by atoms with Gasteiger partial charge in [0.2, 0.25) is 0 Å². The summed E-state index contributed by atoms with van der Waals surface area (Å²) < 4.78 is 12.2. The van der Waals surface area contributed by atoms with Gasteiger partial charge in [0, 0.05) is 11.9 Å². The lowest BCUT2D eigenvalue weighted by atomic mass is 9.79. The fraction of sp³-hybridized carbons (Fsp3) is 0.667. The highest BCUT2D eigenvalue weighted by Gasteiger charge is 2.53. The second-order valence-electron chi connectivity index (χ2n) is 7.00. The largest absolute Gasteiger partial charge is 0.514 e. The van der Waals surface area contributed by atoms with E-state index in [1.807, 2.05) is 6.07 Å². The van der Waals surface area contributed by atoms with Crippen molar-refractivity contribution in [1.29, 1.82) is 0 Å². The molecule has 1 aliphatic heterocycles. The number of anilines is 1. The van der Waals surface area contributed by atoms with E-state index >= 15 is 0 Å². The molecule has 0 bridgehead atoms. The topological polar surface area (TPSA) is 57.4 Å². The molecule has 20 heavy (non-hydrogen) atoms. The second-order valence-corrected chi connectivity index (χ2v) is 7.00. The van der Waals surface area contributed by atoms with E-state index in [2.05, 4.69) is 32.7 Å². The Bertz CT molecular complexity index is 511. The minimum atomic E-state index is -0.419. The number of nitrogens with two attached hydrogens (primary N) is 1. The normalized spacial score (nSPS) is 24.1. The van der Waals surface area contributed by atoms with Crippen LogP contribution in [0.1, 0.15) is 46.1 Å². The third-order valence-electron chi connectivity index (χ3n) is 4.79. The first-order valence-corrected chi connectivity index (χ1v) is 7.39. The van der Waals surface area contributed by atoms with Crippen molar-refractivity contribution in [3.63, 3.8) is 0 Å². The van der Waals surface area contributed by atoms with E-state index in [1.165, 1.54) is 12.8 Å². The molecule has 1 aromatic heterocycles. The maximum absolute atomic E-state index is 6.15. The van der Waals surface area contributed by atoms with E-state index in [4.69, 9.17) is 15.0 Å². The Labute approximate surface area is 121 Å². The van der Waals surface area contributed by atoms with Crippen molar-refractivity contribution in [2.75, 3.05) is 5.73 Å².